The van der Waals surface area contributed by atoms with Crippen molar-refractivity contribution in [3.05, 3.63) is 182 Å². The van der Waals surface area contributed by atoms with E-state index in [1.807, 2.05) is 158 Å². The highest BCUT2D eigenvalue weighted by molar-refractivity contribution is 6.16. The molecule has 8 rings (SSSR count). The van der Waals surface area contributed by atoms with Crippen molar-refractivity contribution in [3.8, 4) is 67.8 Å². The minimum Gasteiger partial charge on any atom is -0.289 e. The lowest BCUT2D eigenvalue weighted by Crippen LogP contribution is -2.06. The number of ketones is 1. The Labute approximate surface area is 289 Å². The molecule has 7 nitrogen and oxygen atoms in total. The van der Waals surface area contributed by atoms with E-state index in [-0.39, 0.29) is 5.78 Å². The van der Waals surface area contributed by atoms with Gasteiger partial charge in [-0.1, -0.05) is 146 Å². The molecule has 0 amide bonds. The molecule has 0 radical (unpaired) electrons. The largest absolute Gasteiger partial charge is 0.289 e. The van der Waals surface area contributed by atoms with Crippen LogP contribution in [-0.4, -0.2) is 35.7 Å². The summed E-state index contributed by atoms with van der Waals surface area (Å²) in [6.45, 7) is 0. The normalized spacial score (nSPS) is 10.9. The molecule has 0 saturated carbocycles. The van der Waals surface area contributed by atoms with Crippen molar-refractivity contribution in [3.63, 3.8) is 0 Å². The zero-order valence-corrected chi connectivity index (χ0v) is 26.8. The quantitative estimate of drug-likeness (QED) is 0.152. The molecule has 6 aromatic carbocycles. The summed E-state index contributed by atoms with van der Waals surface area (Å²) >= 11 is 0. The number of benzene rings is 6. The van der Waals surface area contributed by atoms with Crippen molar-refractivity contribution >= 4 is 5.78 Å². The van der Waals surface area contributed by atoms with Crippen molar-refractivity contribution in [2.75, 3.05) is 0 Å². The lowest BCUT2D eigenvalue weighted by Gasteiger charge is -2.14. The Kier molecular flexibility index (Phi) is 8.27. The van der Waals surface area contributed by atoms with Gasteiger partial charge in [0, 0.05) is 33.4 Å². The topological polar surface area (TPSA) is 94.4 Å². The van der Waals surface area contributed by atoms with Gasteiger partial charge in [-0.25, -0.2) is 29.9 Å². The molecule has 0 saturated heterocycles. The van der Waals surface area contributed by atoms with Crippen LogP contribution >= 0.6 is 0 Å². The average molecular weight is 645 g/mol. The Hall–Kier alpha value is -6.99. The molecule has 0 bridgehead atoms. The molecule has 7 heteroatoms. The predicted molar refractivity (Wildman–Crippen MR) is 196 cm³/mol. The fourth-order valence-electron chi connectivity index (χ4n) is 5.99. The van der Waals surface area contributed by atoms with Crippen LogP contribution in [0.4, 0.5) is 0 Å². The van der Waals surface area contributed by atoms with E-state index in [0.717, 1.165) is 44.5 Å². The van der Waals surface area contributed by atoms with Crippen LogP contribution in [0.5, 0.6) is 0 Å². The zero-order valence-electron chi connectivity index (χ0n) is 26.8. The summed E-state index contributed by atoms with van der Waals surface area (Å²) in [5, 5.41) is 0. The first-order chi connectivity index (χ1) is 24.7. The van der Waals surface area contributed by atoms with Gasteiger partial charge in [0.2, 0.25) is 0 Å². The summed E-state index contributed by atoms with van der Waals surface area (Å²) < 4.78 is 0. The van der Waals surface area contributed by atoms with Crippen LogP contribution in [0.3, 0.4) is 0 Å². The first kappa shape index (κ1) is 30.4. The van der Waals surface area contributed by atoms with Crippen LogP contribution in [0.15, 0.2) is 170 Å². The fraction of sp³-hybridized carbons (Fsp3) is 0. The molecule has 0 atom stereocenters. The second kappa shape index (κ2) is 13.6. The zero-order chi connectivity index (χ0) is 33.7. The molecule has 0 aliphatic heterocycles. The number of hydrogen-bond donors (Lipinski definition) is 0. The highest BCUT2D eigenvalue weighted by Crippen LogP contribution is 2.33. The summed E-state index contributed by atoms with van der Waals surface area (Å²) in [4.78, 5) is 41.7. The van der Waals surface area contributed by atoms with Crippen LogP contribution in [-0.2, 0) is 0 Å². The van der Waals surface area contributed by atoms with Gasteiger partial charge in [-0.15, -0.1) is 0 Å². The molecule has 2 heterocycles. The molecule has 236 valence electrons. The van der Waals surface area contributed by atoms with Gasteiger partial charge in [-0.3, -0.25) is 4.79 Å². The summed E-state index contributed by atoms with van der Waals surface area (Å²) in [5.41, 5.74) is 8.09. The second-order valence-electron chi connectivity index (χ2n) is 11.6. The SMILES string of the molecule is O=C(c1ccccc1-c1cccc(-c2ncnc(-c3ccccc3)n2)c1)c1ccccc1-c1cccc(-c2ncnc(-c3ccccc3)n2)c1. The summed E-state index contributed by atoms with van der Waals surface area (Å²) in [6.07, 6.45) is 3.06. The summed E-state index contributed by atoms with van der Waals surface area (Å²) in [5.74, 6) is 2.24. The Morgan fingerprint density at radius 3 is 1.12 bits per heavy atom. The molecular formula is C43H28N6O. The third-order valence-electron chi connectivity index (χ3n) is 8.41. The third-order valence-corrected chi connectivity index (χ3v) is 8.41. The van der Waals surface area contributed by atoms with Crippen LogP contribution in [0, 0.1) is 0 Å². The molecule has 0 aliphatic rings. The van der Waals surface area contributed by atoms with Gasteiger partial charge in [0.1, 0.15) is 12.7 Å². The molecule has 0 aliphatic carbocycles. The first-order valence-corrected chi connectivity index (χ1v) is 16.1. The maximum atomic E-state index is 14.5. The van der Waals surface area contributed by atoms with Gasteiger partial charge in [-0.05, 0) is 34.4 Å². The minimum absolute atomic E-state index is 0.0787. The Morgan fingerprint density at radius 2 is 0.680 bits per heavy atom. The van der Waals surface area contributed by atoms with E-state index in [0.29, 0.717) is 34.4 Å². The minimum atomic E-state index is -0.0787. The van der Waals surface area contributed by atoms with E-state index in [9.17, 15) is 4.79 Å². The van der Waals surface area contributed by atoms with Crippen LogP contribution in [0.2, 0.25) is 0 Å². The number of carbonyl (C=O) groups is 1. The fourth-order valence-corrected chi connectivity index (χ4v) is 5.99. The van der Waals surface area contributed by atoms with Gasteiger partial charge in [0.05, 0.1) is 0 Å². The molecule has 8 aromatic rings. The highest BCUT2D eigenvalue weighted by atomic mass is 16.1. The molecule has 0 N–H and O–H groups in total. The Balaban J connectivity index is 1.14. The molecule has 0 fully saturated rings. The van der Waals surface area contributed by atoms with Crippen molar-refractivity contribution in [1.82, 2.24) is 29.9 Å². The van der Waals surface area contributed by atoms with E-state index in [2.05, 4.69) is 19.9 Å². The lowest BCUT2D eigenvalue weighted by molar-refractivity contribution is 0.104. The monoisotopic (exact) mass is 644 g/mol. The smallest absolute Gasteiger partial charge is 0.194 e. The third kappa shape index (κ3) is 6.19. The molecule has 50 heavy (non-hydrogen) atoms. The van der Waals surface area contributed by atoms with Crippen LogP contribution < -0.4 is 0 Å². The molecule has 0 spiro atoms. The first-order valence-electron chi connectivity index (χ1n) is 16.1. The lowest BCUT2D eigenvalue weighted by atomic mass is 9.89. The van der Waals surface area contributed by atoms with E-state index >= 15 is 0 Å². The maximum absolute atomic E-state index is 14.5. The maximum Gasteiger partial charge on any atom is 0.194 e. The van der Waals surface area contributed by atoms with E-state index in [1.165, 1.54) is 12.7 Å². The van der Waals surface area contributed by atoms with Crippen LogP contribution in [0.25, 0.3) is 67.8 Å². The van der Waals surface area contributed by atoms with E-state index < -0.39 is 0 Å². The van der Waals surface area contributed by atoms with Crippen molar-refractivity contribution in [2.24, 2.45) is 0 Å². The number of nitrogens with zero attached hydrogens (tertiary/aromatic N) is 6. The number of hydrogen-bond acceptors (Lipinski definition) is 7. The Morgan fingerprint density at radius 1 is 0.340 bits per heavy atom. The van der Waals surface area contributed by atoms with Gasteiger partial charge >= 0.3 is 0 Å². The average Bonchev–Trinajstić information content (AvgIpc) is 3.21. The number of rotatable bonds is 8. The van der Waals surface area contributed by atoms with Gasteiger partial charge in [0.25, 0.3) is 0 Å². The van der Waals surface area contributed by atoms with Crippen molar-refractivity contribution in [2.45, 2.75) is 0 Å². The standard InChI is InChI=1S/C43H28N6O/c50-39(37-23-9-7-21-35(37)31-17-11-19-33(25-31)42-46-27-44-40(48-42)29-13-3-1-4-14-29)38-24-10-8-22-36(38)32-18-12-20-34(26-32)43-47-28-45-41(49-43)30-15-5-2-6-16-30/h1-28H. The number of aromatic nitrogens is 6. The van der Waals surface area contributed by atoms with Crippen LogP contribution in [0.1, 0.15) is 15.9 Å². The van der Waals surface area contributed by atoms with Crippen molar-refractivity contribution < 1.29 is 4.79 Å². The van der Waals surface area contributed by atoms with Gasteiger partial charge in [-0.2, -0.15) is 0 Å². The molecule has 2 aromatic heterocycles. The highest BCUT2D eigenvalue weighted by Gasteiger charge is 2.19. The summed E-state index contributed by atoms with van der Waals surface area (Å²) in [6, 6.07) is 50.9. The van der Waals surface area contributed by atoms with Gasteiger partial charge in [0.15, 0.2) is 29.1 Å². The predicted octanol–water partition coefficient (Wildman–Crippen LogP) is 9.29. The second-order valence-corrected chi connectivity index (χ2v) is 11.6. The molecular weight excluding hydrogens is 617 g/mol. The van der Waals surface area contributed by atoms with Crippen molar-refractivity contribution in [1.29, 1.82) is 0 Å². The summed E-state index contributed by atoms with van der Waals surface area (Å²) in [7, 11) is 0. The van der Waals surface area contributed by atoms with E-state index in [1.54, 1.807) is 0 Å². The van der Waals surface area contributed by atoms with E-state index in [4.69, 9.17) is 9.97 Å². The Bertz CT molecular complexity index is 2290. The van der Waals surface area contributed by atoms with Gasteiger partial charge < -0.3 is 0 Å². The number of carbonyl (C=O) groups excluding carboxylic acids is 1. The molecule has 0 unspecified atom stereocenters.